The average molecular weight is 577 g/mol. The zero-order valence-corrected chi connectivity index (χ0v) is 22.2. The van der Waals surface area contributed by atoms with E-state index in [9.17, 15) is 24.3 Å². The first-order valence-electron chi connectivity index (χ1n) is 11.9. The number of nitrogens with zero attached hydrogens (tertiary/aromatic N) is 1. The molecule has 1 heterocycles. The number of nitrogens with one attached hydrogen (secondary N) is 3. The molecule has 0 bridgehead atoms. The molecule has 4 N–H and O–H groups in total. The normalized spacial score (nSPS) is 11.2. The standard InChI is InChI=1S/C29H22Cl2N4O5/c30-20-15-23(31)25(32-16-20)27(37)33-21-11-9-17(10-12-21)13-24(28(38)39)35-29(40)34-22-8-4-7-19(14-22)26(36)18-5-2-1-3-6-18/h1-12,14-16,24H,13H2,(H,33,37)(H,38,39)(H2,34,35,40)/t24-/m0/s1. The van der Waals surface area contributed by atoms with Crippen molar-refractivity contribution in [1.29, 1.82) is 0 Å². The number of carboxylic acid groups (broad SMARTS) is 1. The lowest BCUT2D eigenvalue weighted by atomic mass is 10.0. The summed E-state index contributed by atoms with van der Waals surface area (Å²) >= 11 is 11.8. The Labute approximate surface area is 239 Å². The number of amides is 3. The lowest BCUT2D eigenvalue weighted by Crippen LogP contribution is -2.44. The van der Waals surface area contributed by atoms with E-state index in [2.05, 4.69) is 20.9 Å². The first kappa shape index (κ1) is 28.3. The molecule has 202 valence electrons. The summed E-state index contributed by atoms with van der Waals surface area (Å²) in [6.07, 6.45) is 1.29. The van der Waals surface area contributed by atoms with E-state index in [1.807, 2.05) is 0 Å². The van der Waals surface area contributed by atoms with Crippen LogP contribution in [0.4, 0.5) is 16.2 Å². The van der Waals surface area contributed by atoms with Gasteiger partial charge in [-0.25, -0.2) is 14.6 Å². The van der Waals surface area contributed by atoms with Crippen LogP contribution in [0, 0.1) is 0 Å². The van der Waals surface area contributed by atoms with Crippen molar-refractivity contribution in [2.45, 2.75) is 12.5 Å². The number of rotatable bonds is 9. The molecule has 0 fully saturated rings. The van der Waals surface area contributed by atoms with Crippen LogP contribution in [0.2, 0.25) is 10.0 Å². The molecule has 11 heteroatoms. The van der Waals surface area contributed by atoms with Crippen LogP contribution in [0.25, 0.3) is 0 Å². The van der Waals surface area contributed by atoms with Gasteiger partial charge in [0.2, 0.25) is 0 Å². The van der Waals surface area contributed by atoms with E-state index in [1.54, 1.807) is 72.8 Å². The number of aromatic nitrogens is 1. The molecule has 0 radical (unpaired) electrons. The molecule has 3 aromatic carbocycles. The Balaban J connectivity index is 1.36. The van der Waals surface area contributed by atoms with Crippen molar-refractivity contribution in [2.75, 3.05) is 10.6 Å². The summed E-state index contributed by atoms with van der Waals surface area (Å²) in [5, 5.41) is 17.7. The molecule has 0 aliphatic carbocycles. The van der Waals surface area contributed by atoms with Crippen LogP contribution in [0.1, 0.15) is 32.0 Å². The van der Waals surface area contributed by atoms with Crippen LogP contribution in [0.3, 0.4) is 0 Å². The molecule has 3 amide bonds. The van der Waals surface area contributed by atoms with Gasteiger partial charge in [0.25, 0.3) is 5.91 Å². The fraction of sp³-hybridized carbons (Fsp3) is 0.0690. The van der Waals surface area contributed by atoms with Crippen LogP contribution < -0.4 is 16.0 Å². The van der Waals surface area contributed by atoms with E-state index in [0.29, 0.717) is 33.1 Å². The average Bonchev–Trinajstić information content (AvgIpc) is 2.93. The minimum absolute atomic E-state index is 0.00580. The van der Waals surface area contributed by atoms with Gasteiger partial charge in [-0.05, 0) is 35.9 Å². The number of pyridine rings is 1. The summed E-state index contributed by atoms with van der Waals surface area (Å²) in [4.78, 5) is 53.5. The lowest BCUT2D eigenvalue weighted by molar-refractivity contribution is -0.139. The second kappa shape index (κ2) is 12.9. The van der Waals surface area contributed by atoms with Crippen molar-refractivity contribution < 1.29 is 24.3 Å². The number of aliphatic carboxylic acids is 1. The summed E-state index contributed by atoms with van der Waals surface area (Å²) < 4.78 is 0. The van der Waals surface area contributed by atoms with Crippen molar-refractivity contribution in [2.24, 2.45) is 0 Å². The Bertz CT molecular complexity index is 1560. The lowest BCUT2D eigenvalue weighted by Gasteiger charge is -2.16. The van der Waals surface area contributed by atoms with Gasteiger partial charge in [0, 0.05) is 35.1 Å². The summed E-state index contributed by atoms with van der Waals surface area (Å²) in [6, 6.07) is 20.9. The zero-order chi connectivity index (χ0) is 28.6. The van der Waals surface area contributed by atoms with Crippen LogP contribution in [0.5, 0.6) is 0 Å². The predicted molar refractivity (Wildman–Crippen MR) is 152 cm³/mol. The maximum atomic E-state index is 12.7. The van der Waals surface area contributed by atoms with Gasteiger partial charge in [0.05, 0.1) is 10.0 Å². The molecule has 1 atom stereocenters. The van der Waals surface area contributed by atoms with Gasteiger partial charge in [-0.2, -0.15) is 0 Å². The quantitative estimate of drug-likeness (QED) is 0.189. The van der Waals surface area contributed by atoms with Crippen LogP contribution >= 0.6 is 23.2 Å². The van der Waals surface area contributed by atoms with Gasteiger partial charge in [0.1, 0.15) is 11.7 Å². The second-order valence-electron chi connectivity index (χ2n) is 8.60. The number of ketones is 1. The second-order valence-corrected chi connectivity index (χ2v) is 9.45. The minimum atomic E-state index is -1.24. The first-order chi connectivity index (χ1) is 19.2. The molecule has 1 aromatic heterocycles. The fourth-order valence-corrected chi connectivity index (χ4v) is 4.22. The van der Waals surface area contributed by atoms with E-state index in [4.69, 9.17) is 23.2 Å². The van der Waals surface area contributed by atoms with Gasteiger partial charge >= 0.3 is 12.0 Å². The summed E-state index contributed by atoms with van der Waals surface area (Å²) in [5.74, 6) is -1.98. The summed E-state index contributed by atoms with van der Waals surface area (Å²) in [5.41, 5.74) is 2.25. The van der Waals surface area contributed by atoms with Crippen molar-refractivity contribution >= 4 is 58.3 Å². The highest BCUT2D eigenvalue weighted by Gasteiger charge is 2.21. The highest BCUT2D eigenvalue weighted by Crippen LogP contribution is 2.20. The Hall–Kier alpha value is -4.73. The van der Waals surface area contributed by atoms with Gasteiger partial charge in [0.15, 0.2) is 5.78 Å². The number of carbonyl (C=O) groups is 4. The topological polar surface area (TPSA) is 137 Å². The van der Waals surface area contributed by atoms with Crippen LogP contribution in [-0.4, -0.2) is 39.8 Å². The molecular weight excluding hydrogens is 555 g/mol. The molecule has 0 saturated heterocycles. The Kier molecular flexibility index (Phi) is 9.11. The van der Waals surface area contributed by atoms with Crippen molar-refractivity contribution in [1.82, 2.24) is 10.3 Å². The Morgan fingerprint density at radius 3 is 2.17 bits per heavy atom. The monoisotopic (exact) mass is 576 g/mol. The maximum Gasteiger partial charge on any atom is 0.326 e. The van der Waals surface area contributed by atoms with Gasteiger partial charge in [-0.3, -0.25) is 9.59 Å². The SMILES string of the molecule is O=C(Nc1cccc(C(=O)c2ccccc2)c1)N[C@@H](Cc1ccc(NC(=O)c2ncc(Cl)cc2Cl)cc1)C(=O)O. The Morgan fingerprint density at radius 2 is 1.50 bits per heavy atom. The molecular formula is C29H22Cl2N4O5. The number of urea groups is 1. The first-order valence-corrected chi connectivity index (χ1v) is 12.7. The molecule has 9 nitrogen and oxygen atoms in total. The number of halogens is 2. The number of benzene rings is 3. The van der Waals surface area contributed by atoms with Crippen LogP contribution in [0.15, 0.2) is 91.1 Å². The zero-order valence-electron chi connectivity index (χ0n) is 20.7. The number of carboxylic acids is 1. The number of hydrogen-bond acceptors (Lipinski definition) is 5. The molecule has 0 unspecified atom stereocenters. The third-order valence-corrected chi connectivity index (χ3v) is 6.19. The highest BCUT2D eigenvalue weighted by molar-refractivity contribution is 6.36. The van der Waals surface area contributed by atoms with Crippen molar-refractivity contribution in [3.05, 3.63) is 124 Å². The van der Waals surface area contributed by atoms with Crippen LogP contribution in [-0.2, 0) is 11.2 Å². The third-order valence-electron chi connectivity index (χ3n) is 5.70. The molecule has 0 saturated carbocycles. The number of carbonyl (C=O) groups excluding carboxylic acids is 3. The molecule has 0 aliphatic rings. The van der Waals surface area contributed by atoms with E-state index < -0.39 is 23.9 Å². The Morgan fingerprint density at radius 1 is 0.800 bits per heavy atom. The van der Waals surface area contributed by atoms with E-state index >= 15 is 0 Å². The van der Waals surface area contributed by atoms with E-state index in [-0.39, 0.29) is 22.9 Å². The largest absolute Gasteiger partial charge is 0.480 e. The summed E-state index contributed by atoms with van der Waals surface area (Å²) in [6.45, 7) is 0. The molecule has 4 rings (SSSR count). The highest BCUT2D eigenvalue weighted by atomic mass is 35.5. The number of anilines is 2. The van der Waals surface area contributed by atoms with E-state index in [0.717, 1.165) is 0 Å². The maximum absolute atomic E-state index is 12.7. The summed E-state index contributed by atoms with van der Waals surface area (Å²) in [7, 11) is 0. The van der Waals surface area contributed by atoms with Crippen molar-refractivity contribution in [3.8, 4) is 0 Å². The van der Waals surface area contributed by atoms with Gasteiger partial charge in [-0.15, -0.1) is 0 Å². The third kappa shape index (κ3) is 7.43. The molecule has 0 aliphatic heterocycles. The fourth-order valence-electron chi connectivity index (χ4n) is 3.75. The van der Waals surface area contributed by atoms with Crippen molar-refractivity contribution in [3.63, 3.8) is 0 Å². The minimum Gasteiger partial charge on any atom is -0.480 e. The molecule has 4 aromatic rings. The number of hydrogen-bond donors (Lipinski definition) is 4. The van der Waals surface area contributed by atoms with Gasteiger partial charge < -0.3 is 21.1 Å². The predicted octanol–water partition coefficient (Wildman–Crippen LogP) is 5.69. The molecule has 0 spiro atoms. The smallest absolute Gasteiger partial charge is 0.326 e. The molecule has 40 heavy (non-hydrogen) atoms. The van der Waals surface area contributed by atoms with E-state index in [1.165, 1.54) is 18.3 Å². The van der Waals surface area contributed by atoms with Gasteiger partial charge in [-0.1, -0.05) is 77.8 Å².